The van der Waals surface area contributed by atoms with Crippen LogP contribution in [-0.4, -0.2) is 47.1 Å². The molecule has 2 aromatic heterocycles. The van der Waals surface area contributed by atoms with Crippen LogP contribution in [0.2, 0.25) is 0 Å². The van der Waals surface area contributed by atoms with E-state index >= 15 is 0 Å². The number of esters is 1. The third kappa shape index (κ3) is 4.48. The lowest BCUT2D eigenvalue weighted by Crippen LogP contribution is -2.30. The van der Waals surface area contributed by atoms with Crippen molar-refractivity contribution in [1.29, 1.82) is 0 Å². The molecule has 9 nitrogen and oxygen atoms in total. The number of amides is 1. The molecule has 0 unspecified atom stereocenters. The van der Waals surface area contributed by atoms with Crippen molar-refractivity contribution in [3.05, 3.63) is 34.5 Å². The van der Waals surface area contributed by atoms with Crippen LogP contribution in [0.15, 0.2) is 10.5 Å². The summed E-state index contributed by atoms with van der Waals surface area (Å²) in [5.41, 5.74) is 1.41. The van der Waals surface area contributed by atoms with Gasteiger partial charge in [-0.1, -0.05) is 5.21 Å². The second-order valence-electron chi connectivity index (χ2n) is 6.31. The van der Waals surface area contributed by atoms with Gasteiger partial charge in [-0.25, -0.2) is 9.48 Å². The average Bonchev–Trinajstić information content (AvgIpc) is 3.22. The van der Waals surface area contributed by atoms with Crippen molar-refractivity contribution in [3.8, 4) is 0 Å². The van der Waals surface area contributed by atoms with Crippen LogP contribution in [0.4, 0.5) is 0 Å². The van der Waals surface area contributed by atoms with E-state index in [0.29, 0.717) is 22.8 Å². The van der Waals surface area contributed by atoms with Crippen LogP contribution in [-0.2, 0) is 11.3 Å². The summed E-state index contributed by atoms with van der Waals surface area (Å²) in [7, 11) is 1.31. The van der Waals surface area contributed by atoms with Gasteiger partial charge in [0, 0.05) is 0 Å². The lowest BCUT2D eigenvalue weighted by atomic mass is 10.1. The number of furan rings is 1. The molecule has 0 radical (unpaired) electrons. The maximum atomic E-state index is 12.4. The van der Waals surface area contributed by atoms with Crippen LogP contribution in [0.3, 0.4) is 0 Å². The minimum Gasteiger partial charge on any atom is -0.465 e. The van der Waals surface area contributed by atoms with Gasteiger partial charge < -0.3 is 19.8 Å². The summed E-state index contributed by atoms with van der Waals surface area (Å²) in [6.07, 6.45) is 1.93. The molecule has 0 atom stereocenters. The van der Waals surface area contributed by atoms with Gasteiger partial charge in [0.05, 0.1) is 25.4 Å². The Morgan fingerprint density at radius 2 is 2.07 bits per heavy atom. The van der Waals surface area contributed by atoms with Crippen molar-refractivity contribution in [2.24, 2.45) is 0 Å². The van der Waals surface area contributed by atoms with Gasteiger partial charge in [-0.3, -0.25) is 4.79 Å². The van der Waals surface area contributed by atoms with Crippen molar-refractivity contribution in [2.45, 2.75) is 39.3 Å². The quantitative estimate of drug-likeness (QED) is 0.736. The number of halogens is 1. The number of piperidine rings is 1. The monoisotopic (exact) mass is 397 g/mol. The van der Waals surface area contributed by atoms with Gasteiger partial charge in [0.1, 0.15) is 17.1 Å². The lowest BCUT2D eigenvalue weighted by Gasteiger charge is -2.23. The van der Waals surface area contributed by atoms with E-state index in [0.717, 1.165) is 31.6 Å². The molecular formula is C17H24ClN5O4. The van der Waals surface area contributed by atoms with Gasteiger partial charge in [0.25, 0.3) is 5.91 Å². The Balaban J connectivity index is 0.00000261. The van der Waals surface area contributed by atoms with Gasteiger partial charge in [0.2, 0.25) is 0 Å². The highest BCUT2D eigenvalue weighted by atomic mass is 35.5. The summed E-state index contributed by atoms with van der Waals surface area (Å²) < 4.78 is 12.0. The first kappa shape index (κ1) is 20.9. The predicted molar refractivity (Wildman–Crippen MR) is 99.1 cm³/mol. The van der Waals surface area contributed by atoms with Crippen LogP contribution in [0.25, 0.3) is 0 Å². The second kappa shape index (κ2) is 9.01. The first-order valence-corrected chi connectivity index (χ1v) is 8.59. The third-order valence-electron chi connectivity index (χ3n) is 4.59. The topological polar surface area (TPSA) is 111 Å². The van der Waals surface area contributed by atoms with Crippen molar-refractivity contribution in [2.75, 3.05) is 20.2 Å². The maximum Gasteiger partial charge on any atom is 0.341 e. The van der Waals surface area contributed by atoms with E-state index in [-0.39, 0.29) is 30.9 Å². The Morgan fingerprint density at radius 3 is 2.74 bits per heavy atom. The molecule has 27 heavy (non-hydrogen) atoms. The summed E-state index contributed by atoms with van der Waals surface area (Å²) in [5.74, 6) is 0.134. The highest BCUT2D eigenvalue weighted by molar-refractivity contribution is 5.93. The van der Waals surface area contributed by atoms with E-state index in [1.807, 2.05) is 11.6 Å². The second-order valence-corrected chi connectivity index (χ2v) is 6.31. The molecule has 0 spiro atoms. The van der Waals surface area contributed by atoms with E-state index in [4.69, 9.17) is 4.42 Å². The van der Waals surface area contributed by atoms with E-state index < -0.39 is 5.97 Å². The highest BCUT2D eigenvalue weighted by Gasteiger charge is 2.23. The Bertz CT molecular complexity index is 810. The molecule has 10 heteroatoms. The number of carbonyl (C=O) groups is 2. The molecule has 2 N–H and O–H groups in total. The number of rotatable bonds is 5. The first-order valence-electron chi connectivity index (χ1n) is 8.59. The molecule has 0 bridgehead atoms. The Labute approximate surface area is 163 Å². The Hall–Kier alpha value is -2.39. The SMILES string of the molecule is COC(=O)c1cc(CNC(=O)c2nnn(C3CCNCC3)c2C)oc1C.Cl. The van der Waals surface area contributed by atoms with Crippen molar-refractivity contribution in [3.63, 3.8) is 0 Å². The fourth-order valence-electron chi connectivity index (χ4n) is 3.14. The van der Waals surface area contributed by atoms with Gasteiger partial charge in [-0.05, 0) is 45.8 Å². The maximum absolute atomic E-state index is 12.4. The fraction of sp³-hybridized carbons (Fsp3) is 0.529. The molecule has 3 rings (SSSR count). The molecule has 0 aliphatic carbocycles. The highest BCUT2D eigenvalue weighted by Crippen LogP contribution is 2.20. The molecule has 0 saturated carbocycles. The number of nitrogens with one attached hydrogen (secondary N) is 2. The minimum atomic E-state index is -0.468. The molecule has 3 heterocycles. The van der Waals surface area contributed by atoms with E-state index in [2.05, 4.69) is 25.7 Å². The molecule has 1 aliphatic heterocycles. The van der Waals surface area contributed by atoms with Crippen LogP contribution >= 0.6 is 12.4 Å². The van der Waals surface area contributed by atoms with Gasteiger partial charge in [-0.15, -0.1) is 17.5 Å². The summed E-state index contributed by atoms with van der Waals surface area (Å²) >= 11 is 0. The summed E-state index contributed by atoms with van der Waals surface area (Å²) in [4.78, 5) is 24.1. The number of hydrogen-bond donors (Lipinski definition) is 2. The standard InChI is InChI=1S/C17H23N5O4.ClH/c1-10-15(20-21-22(10)12-4-6-18-7-5-12)16(23)19-9-13-8-14(11(2)26-13)17(24)25-3;/h8,12,18H,4-7,9H2,1-3H3,(H,19,23);1H. The predicted octanol–water partition coefficient (Wildman–Crippen LogP) is 1.55. The molecule has 2 aromatic rings. The number of aryl methyl sites for hydroxylation is 1. The number of carbonyl (C=O) groups excluding carboxylic acids is 2. The number of aromatic nitrogens is 3. The Morgan fingerprint density at radius 1 is 1.37 bits per heavy atom. The van der Waals surface area contributed by atoms with E-state index in [1.54, 1.807) is 13.0 Å². The smallest absolute Gasteiger partial charge is 0.341 e. The van der Waals surface area contributed by atoms with Crippen molar-refractivity contribution in [1.82, 2.24) is 25.6 Å². The largest absolute Gasteiger partial charge is 0.465 e. The van der Waals surface area contributed by atoms with E-state index in [9.17, 15) is 9.59 Å². The average molecular weight is 398 g/mol. The van der Waals surface area contributed by atoms with Gasteiger partial charge >= 0.3 is 5.97 Å². The zero-order chi connectivity index (χ0) is 18.7. The van der Waals surface area contributed by atoms with Crippen LogP contribution in [0.1, 0.15) is 56.9 Å². The first-order chi connectivity index (χ1) is 12.5. The third-order valence-corrected chi connectivity index (χ3v) is 4.59. The number of nitrogens with zero attached hydrogens (tertiary/aromatic N) is 3. The number of ether oxygens (including phenoxy) is 1. The van der Waals surface area contributed by atoms with Gasteiger partial charge in [-0.2, -0.15) is 0 Å². The van der Waals surface area contributed by atoms with Crippen molar-refractivity contribution < 1.29 is 18.7 Å². The summed E-state index contributed by atoms with van der Waals surface area (Å²) in [6, 6.07) is 1.83. The minimum absolute atomic E-state index is 0. The normalized spacial score (nSPS) is 14.5. The molecule has 0 aromatic carbocycles. The molecule has 148 valence electrons. The molecule has 1 saturated heterocycles. The van der Waals surface area contributed by atoms with E-state index in [1.165, 1.54) is 7.11 Å². The number of methoxy groups -OCH3 is 1. The molecule has 1 fully saturated rings. The lowest BCUT2D eigenvalue weighted by molar-refractivity contribution is 0.0598. The Kier molecular flexibility index (Phi) is 6.98. The molecule has 1 amide bonds. The number of hydrogen-bond acceptors (Lipinski definition) is 7. The summed E-state index contributed by atoms with van der Waals surface area (Å²) in [5, 5.41) is 14.3. The molecule has 1 aliphatic rings. The zero-order valence-electron chi connectivity index (χ0n) is 15.6. The van der Waals surface area contributed by atoms with Crippen molar-refractivity contribution >= 4 is 24.3 Å². The molecular weight excluding hydrogens is 374 g/mol. The van der Waals surface area contributed by atoms with Gasteiger partial charge in [0.15, 0.2) is 5.69 Å². The van der Waals surface area contributed by atoms with Crippen LogP contribution in [0, 0.1) is 13.8 Å². The fourth-order valence-corrected chi connectivity index (χ4v) is 3.14. The van der Waals surface area contributed by atoms with Crippen LogP contribution in [0.5, 0.6) is 0 Å². The zero-order valence-corrected chi connectivity index (χ0v) is 16.4. The summed E-state index contributed by atoms with van der Waals surface area (Å²) in [6.45, 7) is 5.55. The van der Waals surface area contributed by atoms with Crippen LogP contribution < -0.4 is 10.6 Å².